The molecule has 108 valence electrons. The molecule has 0 aromatic heterocycles. The third kappa shape index (κ3) is 5.42. The van der Waals surface area contributed by atoms with E-state index in [1.807, 2.05) is 6.92 Å². The second-order valence-electron chi connectivity index (χ2n) is 4.47. The second kappa shape index (κ2) is 6.63. The van der Waals surface area contributed by atoms with E-state index in [1.165, 1.54) is 0 Å². The van der Waals surface area contributed by atoms with Crippen LogP contribution >= 0.6 is 11.8 Å². The number of hydrogen-bond acceptors (Lipinski definition) is 3. The van der Waals surface area contributed by atoms with E-state index in [9.17, 15) is 18.3 Å². The molecule has 1 rings (SSSR count). The summed E-state index contributed by atoms with van der Waals surface area (Å²) < 4.78 is 42.9. The normalized spacial score (nSPS) is 15.6. The van der Waals surface area contributed by atoms with Gasteiger partial charge in [-0.2, -0.15) is 13.2 Å². The van der Waals surface area contributed by atoms with Crippen molar-refractivity contribution in [2.75, 3.05) is 0 Å². The molecule has 2 atom stereocenters. The first-order valence-corrected chi connectivity index (χ1v) is 6.71. The smallest absolute Gasteiger partial charge is 0.381 e. The minimum atomic E-state index is -4.70. The minimum absolute atomic E-state index is 0.403. The molecule has 0 fully saturated rings. The lowest BCUT2D eigenvalue weighted by Gasteiger charge is -2.26. The van der Waals surface area contributed by atoms with Crippen molar-refractivity contribution in [3.8, 4) is 0 Å². The Kier molecular flexibility index (Phi) is 5.70. The van der Waals surface area contributed by atoms with Crippen molar-refractivity contribution in [1.29, 1.82) is 0 Å². The van der Waals surface area contributed by atoms with Crippen molar-refractivity contribution < 1.29 is 23.0 Å². The van der Waals surface area contributed by atoms with Gasteiger partial charge < -0.3 is 9.84 Å². The van der Waals surface area contributed by atoms with Crippen LogP contribution in [-0.2, 0) is 4.74 Å². The van der Waals surface area contributed by atoms with Gasteiger partial charge in [0.2, 0.25) is 0 Å². The van der Waals surface area contributed by atoms with Crippen LogP contribution in [0.3, 0.4) is 0 Å². The van der Waals surface area contributed by atoms with Gasteiger partial charge in [-0.25, -0.2) is 0 Å². The summed E-state index contributed by atoms with van der Waals surface area (Å²) in [4.78, 5) is 0.625. The van der Waals surface area contributed by atoms with Crippen molar-refractivity contribution >= 4 is 11.8 Å². The molecule has 6 heteroatoms. The van der Waals surface area contributed by atoms with E-state index in [-0.39, 0.29) is 0 Å². The van der Waals surface area contributed by atoms with Crippen LogP contribution in [0.5, 0.6) is 0 Å². The zero-order valence-electron chi connectivity index (χ0n) is 10.9. The molecule has 0 saturated heterocycles. The standard InChI is InChI=1S/C13H17F3O2S/c1-8(2)18-12(11(17)13(14,15)16)19-10-6-4-9(3)5-7-10/h4-8,11-12,17H,1-3H3. The van der Waals surface area contributed by atoms with Crippen molar-refractivity contribution in [2.45, 2.75) is 49.5 Å². The summed E-state index contributed by atoms with van der Waals surface area (Å²) >= 11 is 0.868. The third-order valence-corrected chi connectivity index (χ3v) is 3.42. The van der Waals surface area contributed by atoms with E-state index < -0.39 is 23.8 Å². The fourth-order valence-corrected chi connectivity index (χ4v) is 2.46. The maximum atomic E-state index is 12.6. The summed E-state index contributed by atoms with van der Waals surface area (Å²) in [6.07, 6.45) is -7.61. The summed E-state index contributed by atoms with van der Waals surface area (Å²) in [7, 11) is 0. The Morgan fingerprint density at radius 2 is 1.68 bits per heavy atom. The van der Waals surface area contributed by atoms with Gasteiger partial charge >= 0.3 is 6.18 Å². The van der Waals surface area contributed by atoms with Gasteiger partial charge in [0.1, 0.15) is 5.44 Å². The van der Waals surface area contributed by atoms with E-state index in [4.69, 9.17) is 4.74 Å². The number of aliphatic hydroxyl groups excluding tert-OH is 1. The molecule has 0 spiro atoms. The molecule has 0 aliphatic carbocycles. The summed E-state index contributed by atoms with van der Waals surface area (Å²) in [5, 5.41) is 9.34. The molecule has 1 aromatic carbocycles. The average Bonchev–Trinajstić information content (AvgIpc) is 2.28. The maximum Gasteiger partial charge on any atom is 0.417 e. The Hall–Kier alpha value is -0.720. The van der Waals surface area contributed by atoms with E-state index in [0.29, 0.717) is 4.90 Å². The monoisotopic (exact) mass is 294 g/mol. The van der Waals surface area contributed by atoms with Gasteiger partial charge in [-0.05, 0) is 32.9 Å². The molecule has 0 amide bonds. The molecule has 19 heavy (non-hydrogen) atoms. The number of benzene rings is 1. The number of ether oxygens (including phenoxy) is 1. The molecule has 2 nitrogen and oxygen atoms in total. The zero-order valence-corrected chi connectivity index (χ0v) is 11.8. The fraction of sp³-hybridized carbons (Fsp3) is 0.538. The molecule has 0 bridgehead atoms. The zero-order chi connectivity index (χ0) is 14.6. The minimum Gasteiger partial charge on any atom is -0.381 e. The van der Waals surface area contributed by atoms with E-state index in [0.717, 1.165) is 17.3 Å². The lowest BCUT2D eigenvalue weighted by atomic mass is 10.2. The Labute approximate surface area is 115 Å². The number of alkyl halides is 3. The molecule has 0 radical (unpaired) electrons. The van der Waals surface area contributed by atoms with Crippen LogP contribution in [0, 0.1) is 6.92 Å². The molecule has 0 aliphatic heterocycles. The van der Waals surface area contributed by atoms with E-state index in [1.54, 1.807) is 38.1 Å². The molecule has 0 heterocycles. The van der Waals surface area contributed by atoms with E-state index in [2.05, 4.69) is 0 Å². The molecule has 1 aromatic rings. The van der Waals surface area contributed by atoms with Crippen LogP contribution in [-0.4, -0.2) is 28.9 Å². The quantitative estimate of drug-likeness (QED) is 0.662. The van der Waals surface area contributed by atoms with Gasteiger partial charge in [-0.3, -0.25) is 0 Å². The first-order valence-electron chi connectivity index (χ1n) is 5.83. The number of hydrogen-bond donors (Lipinski definition) is 1. The van der Waals surface area contributed by atoms with Crippen LogP contribution in [0.15, 0.2) is 29.2 Å². The summed E-state index contributed by atoms with van der Waals surface area (Å²) in [5.41, 5.74) is -0.357. The fourth-order valence-electron chi connectivity index (χ4n) is 1.34. The molecular weight excluding hydrogens is 277 g/mol. The number of rotatable bonds is 5. The largest absolute Gasteiger partial charge is 0.417 e. The van der Waals surface area contributed by atoms with Gasteiger partial charge in [-0.15, -0.1) is 0 Å². The van der Waals surface area contributed by atoms with Crippen LogP contribution in [0.4, 0.5) is 13.2 Å². The molecule has 0 aliphatic rings. The van der Waals surface area contributed by atoms with Gasteiger partial charge in [0.05, 0.1) is 6.10 Å². The highest BCUT2D eigenvalue weighted by Gasteiger charge is 2.45. The van der Waals surface area contributed by atoms with E-state index >= 15 is 0 Å². The topological polar surface area (TPSA) is 29.5 Å². The van der Waals surface area contributed by atoms with Crippen molar-refractivity contribution in [3.63, 3.8) is 0 Å². The number of thioether (sulfide) groups is 1. The first kappa shape index (κ1) is 16.3. The molecule has 1 N–H and O–H groups in total. The summed E-state index contributed by atoms with van der Waals surface area (Å²) in [6.45, 7) is 5.15. The van der Waals surface area contributed by atoms with Crippen LogP contribution < -0.4 is 0 Å². The number of halogens is 3. The number of aliphatic hydroxyl groups is 1. The highest BCUT2D eigenvalue weighted by molar-refractivity contribution is 7.99. The number of aryl methyl sites for hydroxylation is 1. The lowest BCUT2D eigenvalue weighted by Crippen LogP contribution is -2.40. The SMILES string of the molecule is Cc1ccc(SC(OC(C)C)C(O)C(F)(F)F)cc1. The summed E-state index contributed by atoms with van der Waals surface area (Å²) in [5.74, 6) is 0. The molecule has 2 unspecified atom stereocenters. The maximum absolute atomic E-state index is 12.6. The predicted molar refractivity (Wildman–Crippen MR) is 69.1 cm³/mol. The van der Waals surface area contributed by atoms with Crippen LogP contribution in [0.25, 0.3) is 0 Å². The highest BCUT2D eigenvalue weighted by atomic mass is 32.2. The van der Waals surface area contributed by atoms with Crippen molar-refractivity contribution in [1.82, 2.24) is 0 Å². The molecular formula is C13H17F3O2S. The summed E-state index contributed by atoms with van der Waals surface area (Å²) in [6, 6.07) is 7.02. The van der Waals surface area contributed by atoms with Crippen LogP contribution in [0.1, 0.15) is 19.4 Å². The lowest BCUT2D eigenvalue weighted by molar-refractivity contribution is -0.226. The third-order valence-electron chi connectivity index (χ3n) is 2.27. The second-order valence-corrected chi connectivity index (χ2v) is 5.64. The predicted octanol–water partition coefficient (Wildman–Crippen LogP) is 3.76. The van der Waals surface area contributed by atoms with Gasteiger partial charge in [-0.1, -0.05) is 29.5 Å². The van der Waals surface area contributed by atoms with Crippen molar-refractivity contribution in [3.05, 3.63) is 29.8 Å². The average molecular weight is 294 g/mol. The Balaban J connectivity index is 2.82. The Morgan fingerprint density at radius 3 is 2.11 bits per heavy atom. The first-order chi connectivity index (χ1) is 8.70. The highest BCUT2D eigenvalue weighted by Crippen LogP contribution is 2.34. The Bertz CT molecular complexity index is 390. The van der Waals surface area contributed by atoms with Gasteiger partial charge in [0.15, 0.2) is 6.10 Å². The van der Waals surface area contributed by atoms with Gasteiger partial charge in [0.25, 0.3) is 0 Å². The van der Waals surface area contributed by atoms with Gasteiger partial charge in [0, 0.05) is 4.90 Å². The Morgan fingerprint density at radius 1 is 1.16 bits per heavy atom. The van der Waals surface area contributed by atoms with Crippen LogP contribution in [0.2, 0.25) is 0 Å². The molecule has 0 saturated carbocycles. The van der Waals surface area contributed by atoms with Crippen molar-refractivity contribution in [2.24, 2.45) is 0 Å².